The summed E-state index contributed by atoms with van der Waals surface area (Å²) >= 11 is 0. The Kier molecular flexibility index (Phi) is 25.4. The van der Waals surface area contributed by atoms with E-state index in [9.17, 15) is 0 Å². The van der Waals surface area contributed by atoms with Gasteiger partial charge in [0.15, 0.2) is 0 Å². The van der Waals surface area contributed by atoms with Crippen LogP contribution in [0, 0.1) is 23.7 Å². The average Bonchev–Trinajstić information content (AvgIpc) is 2.54. The molecule has 0 bridgehead atoms. The Balaban J connectivity index is 0. The van der Waals surface area contributed by atoms with Gasteiger partial charge in [-0.05, 0) is 24.7 Å². The average molecular weight is 339 g/mol. The quantitative estimate of drug-likeness (QED) is 0.225. The Morgan fingerprint density at radius 1 is 0.435 bits per heavy atom. The second kappa shape index (κ2) is 23.7. The van der Waals surface area contributed by atoms with Gasteiger partial charge in [0.05, 0.1) is 0 Å². The van der Waals surface area contributed by atoms with E-state index >= 15 is 0 Å². The fraction of sp³-hybridized carbons (Fsp3) is 0.818. The molecular formula is C22H39Cl. The molecule has 0 spiro atoms. The second-order valence-corrected chi connectivity index (χ2v) is 6.35. The maximum Gasteiger partial charge on any atom is 0.00989 e. The van der Waals surface area contributed by atoms with Gasteiger partial charge < -0.3 is 0 Å². The maximum absolute atomic E-state index is 3.19. The minimum atomic E-state index is 0. The topological polar surface area (TPSA) is 0 Å². The van der Waals surface area contributed by atoms with Crippen LogP contribution in [0.25, 0.3) is 0 Å². The van der Waals surface area contributed by atoms with E-state index in [1.54, 1.807) is 0 Å². The highest BCUT2D eigenvalue weighted by atomic mass is 35.5. The SMILES string of the molecule is CCCCCCCCCC#CC#CCCCCCCCCC.Cl. The minimum absolute atomic E-state index is 0. The highest BCUT2D eigenvalue weighted by Crippen LogP contribution is 2.08. The summed E-state index contributed by atoms with van der Waals surface area (Å²) in [5, 5.41) is 0. The van der Waals surface area contributed by atoms with Crippen LogP contribution in [0.3, 0.4) is 0 Å². The van der Waals surface area contributed by atoms with Crippen LogP contribution in [0.5, 0.6) is 0 Å². The largest absolute Gasteiger partial charge is 0.147 e. The molecule has 0 aromatic rings. The fourth-order valence-corrected chi connectivity index (χ4v) is 2.55. The lowest BCUT2D eigenvalue weighted by Gasteiger charge is -1.97. The molecule has 0 saturated carbocycles. The molecule has 23 heavy (non-hydrogen) atoms. The first-order valence-electron chi connectivity index (χ1n) is 9.87. The van der Waals surface area contributed by atoms with Gasteiger partial charge in [-0.2, -0.15) is 0 Å². The zero-order chi connectivity index (χ0) is 16.1. The molecule has 0 aliphatic rings. The zero-order valence-electron chi connectivity index (χ0n) is 15.7. The van der Waals surface area contributed by atoms with E-state index in [0.29, 0.717) is 0 Å². The normalized spacial score (nSPS) is 9.30. The number of unbranched alkanes of at least 4 members (excludes halogenated alkanes) is 14. The van der Waals surface area contributed by atoms with Gasteiger partial charge in [0.2, 0.25) is 0 Å². The summed E-state index contributed by atoms with van der Waals surface area (Å²) in [5.74, 6) is 12.4. The van der Waals surface area contributed by atoms with Crippen LogP contribution in [0.1, 0.15) is 117 Å². The highest BCUT2D eigenvalue weighted by molar-refractivity contribution is 5.85. The van der Waals surface area contributed by atoms with E-state index in [0.717, 1.165) is 12.8 Å². The maximum atomic E-state index is 3.19. The van der Waals surface area contributed by atoms with Crippen LogP contribution >= 0.6 is 12.4 Å². The number of hydrogen-bond acceptors (Lipinski definition) is 0. The number of halogens is 1. The molecule has 0 aromatic heterocycles. The van der Waals surface area contributed by atoms with Crippen LogP contribution in [0.4, 0.5) is 0 Å². The molecule has 0 unspecified atom stereocenters. The van der Waals surface area contributed by atoms with Crippen LogP contribution < -0.4 is 0 Å². The van der Waals surface area contributed by atoms with Gasteiger partial charge in [0.1, 0.15) is 0 Å². The minimum Gasteiger partial charge on any atom is -0.147 e. The summed E-state index contributed by atoms with van der Waals surface area (Å²) in [6, 6.07) is 0. The van der Waals surface area contributed by atoms with Crippen LogP contribution in [-0.4, -0.2) is 0 Å². The second-order valence-electron chi connectivity index (χ2n) is 6.35. The monoisotopic (exact) mass is 338 g/mol. The molecule has 0 radical (unpaired) electrons. The van der Waals surface area contributed by atoms with E-state index in [1.165, 1.54) is 89.9 Å². The van der Waals surface area contributed by atoms with Crippen molar-refractivity contribution in [2.24, 2.45) is 0 Å². The Labute approximate surface area is 153 Å². The smallest absolute Gasteiger partial charge is 0.00989 e. The van der Waals surface area contributed by atoms with Crippen molar-refractivity contribution in [3.05, 3.63) is 0 Å². The van der Waals surface area contributed by atoms with Gasteiger partial charge in [-0.15, -0.1) is 12.4 Å². The lowest BCUT2D eigenvalue weighted by Crippen LogP contribution is -1.79. The molecule has 0 atom stereocenters. The van der Waals surface area contributed by atoms with Crippen LogP contribution in [-0.2, 0) is 0 Å². The van der Waals surface area contributed by atoms with Crippen molar-refractivity contribution < 1.29 is 0 Å². The molecule has 0 nitrogen and oxygen atoms in total. The summed E-state index contributed by atoms with van der Waals surface area (Å²) in [4.78, 5) is 0. The summed E-state index contributed by atoms with van der Waals surface area (Å²) < 4.78 is 0. The van der Waals surface area contributed by atoms with Gasteiger partial charge in [-0.25, -0.2) is 0 Å². The molecule has 0 saturated heterocycles. The first-order valence-corrected chi connectivity index (χ1v) is 9.87. The molecule has 0 aliphatic heterocycles. The van der Waals surface area contributed by atoms with E-state index in [1.807, 2.05) is 0 Å². The lowest BCUT2D eigenvalue weighted by atomic mass is 10.1. The molecule has 0 amide bonds. The molecule has 0 heterocycles. The molecule has 0 N–H and O–H groups in total. The molecule has 0 aromatic carbocycles. The fourth-order valence-electron chi connectivity index (χ4n) is 2.55. The molecule has 134 valence electrons. The van der Waals surface area contributed by atoms with E-state index < -0.39 is 0 Å². The number of rotatable bonds is 14. The molecule has 1 heteroatoms. The summed E-state index contributed by atoms with van der Waals surface area (Å²) in [6.07, 6.45) is 21.1. The first-order chi connectivity index (χ1) is 10.9. The Hall–Kier alpha value is -0.590. The third-order valence-electron chi connectivity index (χ3n) is 4.05. The predicted octanol–water partition coefficient (Wildman–Crippen LogP) is 7.70. The first kappa shape index (κ1) is 24.7. The summed E-state index contributed by atoms with van der Waals surface area (Å²) in [5.41, 5.74) is 0. The predicted molar refractivity (Wildman–Crippen MR) is 108 cm³/mol. The molecule has 0 rings (SSSR count). The van der Waals surface area contributed by atoms with E-state index in [-0.39, 0.29) is 12.4 Å². The number of hydrogen-bond donors (Lipinski definition) is 0. The van der Waals surface area contributed by atoms with Crippen LogP contribution in [0.15, 0.2) is 0 Å². The third kappa shape index (κ3) is 23.8. The van der Waals surface area contributed by atoms with Crippen molar-refractivity contribution in [1.29, 1.82) is 0 Å². The van der Waals surface area contributed by atoms with Crippen molar-refractivity contribution in [2.45, 2.75) is 117 Å². The Morgan fingerprint density at radius 2 is 0.739 bits per heavy atom. The van der Waals surface area contributed by atoms with Crippen molar-refractivity contribution in [1.82, 2.24) is 0 Å². The summed E-state index contributed by atoms with van der Waals surface area (Å²) in [6.45, 7) is 4.54. The zero-order valence-corrected chi connectivity index (χ0v) is 16.5. The Morgan fingerprint density at radius 3 is 1.09 bits per heavy atom. The standard InChI is InChI=1S/C22H38.ClH/c1-3-5-7-9-11-13-15-17-19-21-22-20-18-16-14-12-10-8-6-4-2;/h3-18H2,1-2H3;1H. The van der Waals surface area contributed by atoms with Crippen molar-refractivity contribution >= 4 is 12.4 Å². The third-order valence-corrected chi connectivity index (χ3v) is 4.05. The van der Waals surface area contributed by atoms with Crippen LogP contribution in [0.2, 0.25) is 0 Å². The van der Waals surface area contributed by atoms with Gasteiger partial charge >= 0.3 is 0 Å². The van der Waals surface area contributed by atoms with Gasteiger partial charge in [-0.1, -0.05) is 103 Å². The molecular weight excluding hydrogens is 300 g/mol. The molecule has 0 fully saturated rings. The van der Waals surface area contributed by atoms with Gasteiger partial charge in [0.25, 0.3) is 0 Å². The Bertz CT molecular complexity index is 289. The van der Waals surface area contributed by atoms with E-state index in [4.69, 9.17) is 0 Å². The van der Waals surface area contributed by atoms with Crippen molar-refractivity contribution in [2.75, 3.05) is 0 Å². The lowest BCUT2D eigenvalue weighted by molar-refractivity contribution is 0.594. The van der Waals surface area contributed by atoms with Gasteiger partial charge in [0, 0.05) is 12.8 Å². The van der Waals surface area contributed by atoms with Crippen molar-refractivity contribution in [3.8, 4) is 23.7 Å². The highest BCUT2D eigenvalue weighted by Gasteiger charge is 1.89. The van der Waals surface area contributed by atoms with Crippen molar-refractivity contribution in [3.63, 3.8) is 0 Å². The van der Waals surface area contributed by atoms with Gasteiger partial charge in [-0.3, -0.25) is 0 Å². The van der Waals surface area contributed by atoms with E-state index in [2.05, 4.69) is 37.5 Å². The summed E-state index contributed by atoms with van der Waals surface area (Å²) in [7, 11) is 0. The molecule has 0 aliphatic carbocycles.